The number of thiazole rings is 1. The molecule has 1 fully saturated rings. The maximum Gasteiger partial charge on any atom is 0.277 e. The van der Waals surface area contributed by atoms with Gasteiger partial charge in [-0.1, -0.05) is 11.6 Å². The van der Waals surface area contributed by atoms with Crippen LogP contribution in [0.25, 0.3) is 0 Å². The standard InChI is InChI=1S/C12H13ClN4O3S2/c1-2-17-11(13)8(5-15-17)22(19,20)16-12(18)10-9(7-3-4-7)14-6-21-10/h5-7H,2-4H2,1H3,(H,16,18). The Labute approximate surface area is 136 Å². The van der Waals surface area contributed by atoms with Crippen molar-refractivity contribution in [2.45, 2.75) is 37.1 Å². The van der Waals surface area contributed by atoms with Crippen molar-refractivity contribution in [1.82, 2.24) is 19.5 Å². The molecule has 0 aliphatic heterocycles. The summed E-state index contributed by atoms with van der Waals surface area (Å²) in [5, 5.41) is 3.85. The molecule has 0 unspecified atom stereocenters. The van der Waals surface area contributed by atoms with E-state index in [0.29, 0.717) is 17.1 Å². The van der Waals surface area contributed by atoms with Crippen molar-refractivity contribution in [3.05, 3.63) is 27.4 Å². The van der Waals surface area contributed by atoms with E-state index in [1.165, 1.54) is 4.68 Å². The fourth-order valence-electron chi connectivity index (χ4n) is 2.05. The van der Waals surface area contributed by atoms with Crippen molar-refractivity contribution < 1.29 is 13.2 Å². The minimum atomic E-state index is -4.06. The van der Waals surface area contributed by atoms with Crippen LogP contribution in [0, 0.1) is 0 Å². The first-order valence-electron chi connectivity index (χ1n) is 6.66. The maximum absolute atomic E-state index is 12.3. The summed E-state index contributed by atoms with van der Waals surface area (Å²) in [6.45, 7) is 2.22. The van der Waals surface area contributed by atoms with Crippen molar-refractivity contribution in [1.29, 1.82) is 0 Å². The van der Waals surface area contributed by atoms with Gasteiger partial charge in [0.2, 0.25) is 0 Å². The van der Waals surface area contributed by atoms with Gasteiger partial charge >= 0.3 is 0 Å². The van der Waals surface area contributed by atoms with Gasteiger partial charge in [0.1, 0.15) is 14.9 Å². The maximum atomic E-state index is 12.3. The Morgan fingerprint density at radius 2 is 2.27 bits per heavy atom. The van der Waals surface area contributed by atoms with E-state index in [-0.39, 0.29) is 16.0 Å². The van der Waals surface area contributed by atoms with Gasteiger partial charge in [0.15, 0.2) is 0 Å². The first-order chi connectivity index (χ1) is 10.4. The SMILES string of the molecule is CCn1ncc(S(=O)(=O)NC(=O)c2scnc2C2CC2)c1Cl. The summed E-state index contributed by atoms with van der Waals surface area (Å²) in [7, 11) is -4.06. The fourth-order valence-corrected chi connectivity index (χ4v) is 4.37. The van der Waals surface area contributed by atoms with Gasteiger partial charge in [-0.2, -0.15) is 5.10 Å². The monoisotopic (exact) mass is 360 g/mol. The summed E-state index contributed by atoms with van der Waals surface area (Å²) < 4.78 is 28.0. The molecule has 2 aromatic heterocycles. The molecule has 0 spiro atoms. The zero-order valence-corrected chi connectivity index (χ0v) is 14.0. The number of carbonyl (C=O) groups excluding carboxylic acids is 1. The van der Waals surface area contributed by atoms with E-state index in [0.717, 1.165) is 30.4 Å². The van der Waals surface area contributed by atoms with E-state index in [1.807, 2.05) is 4.72 Å². The molecule has 2 heterocycles. The zero-order valence-electron chi connectivity index (χ0n) is 11.6. The number of nitrogens with zero attached hydrogens (tertiary/aromatic N) is 3. The van der Waals surface area contributed by atoms with E-state index in [2.05, 4.69) is 10.1 Å². The van der Waals surface area contributed by atoms with Crippen molar-refractivity contribution in [3.8, 4) is 0 Å². The lowest BCUT2D eigenvalue weighted by Gasteiger charge is -2.06. The Bertz CT molecular complexity index is 823. The lowest BCUT2D eigenvalue weighted by molar-refractivity contribution is 0.0984. The van der Waals surface area contributed by atoms with Crippen LogP contribution in [-0.4, -0.2) is 29.1 Å². The van der Waals surface area contributed by atoms with Crippen LogP contribution in [0.5, 0.6) is 0 Å². The van der Waals surface area contributed by atoms with Crippen molar-refractivity contribution in [2.24, 2.45) is 0 Å². The van der Waals surface area contributed by atoms with E-state index in [9.17, 15) is 13.2 Å². The van der Waals surface area contributed by atoms with Crippen LogP contribution in [0.3, 0.4) is 0 Å². The molecule has 0 aromatic carbocycles. The van der Waals surface area contributed by atoms with Crippen molar-refractivity contribution in [3.63, 3.8) is 0 Å². The van der Waals surface area contributed by atoms with Gasteiger partial charge in [-0.15, -0.1) is 11.3 Å². The number of aromatic nitrogens is 3. The number of carbonyl (C=O) groups is 1. The molecule has 3 rings (SSSR count). The molecule has 7 nitrogen and oxygen atoms in total. The molecule has 10 heteroatoms. The second-order valence-corrected chi connectivity index (χ2v) is 7.75. The number of sulfonamides is 1. The zero-order chi connectivity index (χ0) is 15.9. The molecule has 1 aliphatic carbocycles. The van der Waals surface area contributed by atoms with Gasteiger partial charge in [-0.05, 0) is 19.8 Å². The fraction of sp³-hybridized carbons (Fsp3) is 0.417. The molecule has 118 valence electrons. The second kappa shape index (κ2) is 5.64. The van der Waals surface area contributed by atoms with Gasteiger partial charge in [-0.3, -0.25) is 9.48 Å². The highest BCUT2D eigenvalue weighted by Crippen LogP contribution is 2.41. The molecular weight excluding hydrogens is 348 g/mol. The Morgan fingerprint density at radius 3 is 2.86 bits per heavy atom. The summed E-state index contributed by atoms with van der Waals surface area (Å²) in [6, 6.07) is 0. The number of amides is 1. The minimum absolute atomic E-state index is 0.0190. The largest absolute Gasteiger partial charge is 0.277 e. The number of hydrogen-bond acceptors (Lipinski definition) is 6. The van der Waals surface area contributed by atoms with Crippen molar-refractivity contribution in [2.75, 3.05) is 0 Å². The molecule has 0 atom stereocenters. The molecule has 1 aliphatic rings. The van der Waals surface area contributed by atoms with E-state index in [4.69, 9.17) is 11.6 Å². The average Bonchev–Trinajstić information content (AvgIpc) is 3.05. The number of halogens is 1. The van der Waals surface area contributed by atoms with E-state index in [1.54, 1.807) is 12.4 Å². The molecule has 1 saturated carbocycles. The Kier molecular flexibility index (Phi) is 3.96. The van der Waals surface area contributed by atoms with Crippen LogP contribution in [0.15, 0.2) is 16.6 Å². The second-order valence-electron chi connectivity index (χ2n) is 4.89. The van der Waals surface area contributed by atoms with Gasteiger partial charge in [-0.25, -0.2) is 18.1 Å². The number of nitrogens with one attached hydrogen (secondary N) is 1. The quantitative estimate of drug-likeness (QED) is 0.880. The van der Waals surface area contributed by atoms with Gasteiger partial charge in [0, 0.05) is 12.5 Å². The molecule has 2 aromatic rings. The Balaban J connectivity index is 1.86. The summed E-state index contributed by atoms with van der Waals surface area (Å²) in [4.78, 5) is 16.5. The summed E-state index contributed by atoms with van der Waals surface area (Å²) >= 11 is 7.10. The summed E-state index contributed by atoms with van der Waals surface area (Å²) in [6.07, 6.45) is 3.09. The molecular formula is C12H13ClN4O3S2. The number of hydrogen-bond donors (Lipinski definition) is 1. The smallest absolute Gasteiger partial charge is 0.267 e. The molecule has 0 radical (unpaired) electrons. The van der Waals surface area contributed by atoms with Gasteiger partial charge in [0.25, 0.3) is 15.9 Å². The van der Waals surface area contributed by atoms with Crippen LogP contribution < -0.4 is 4.72 Å². The molecule has 22 heavy (non-hydrogen) atoms. The normalized spacial score (nSPS) is 15.0. The predicted molar refractivity (Wildman–Crippen MR) is 81.7 cm³/mol. The number of aryl methyl sites for hydroxylation is 1. The molecule has 1 N–H and O–H groups in total. The number of rotatable bonds is 5. The van der Waals surface area contributed by atoms with Crippen LogP contribution in [-0.2, 0) is 16.6 Å². The molecule has 0 bridgehead atoms. The predicted octanol–water partition coefficient (Wildman–Crippen LogP) is 2.01. The van der Waals surface area contributed by atoms with Crippen LogP contribution in [0.1, 0.15) is 41.0 Å². The topological polar surface area (TPSA) is 94.0 Å². The minimum Gasteiger partial charge on any atom is -0.267 e. The van der Waals surface area contributed by atoms with Gasteiger partial charge < -0.3 is 0 Å². The third kappa shape index (κ3) is 2.75. The molecule has 1 amide bonds. The third-order valence-corrected chi connectivity index (χ3v) is 6.01. The lowest BCUT2D eigenvalue weighted by atomic mass is 10.2. The van der Waals surface area contributed by atoms with Crippen molar-refractivity contribution >= 4 is 38.9 Å². The summed E-state index contributed by atoms with van der Waals surface area (Å²) in [5.41, 5.74) is 2.23. The average molecular weight is 361 g/mol. The highest BCUT2D eigenvalue weighted by molar-refractivity contribution is 7.90. The molecule has 0 saturated heterocycles. The Hall–Kier alpha value is -1.45. The Morgan fingerprint density at radius 1 is 1.55 bits per heavy atom. The highest BCUT2D eigenvalue weighted by Gasteiger charge is 2.32. The lowest BCUT2D eigenvalue weighted by Crippen LogP contribution is -2.30. The first-order valence-corrected chi connectivity index (χ1v) is 9.40. The third-order valence-electron chi connectivity index (χ3n) is 3.33. The van der Waals surface area contributed by atoms with Crippen LogP contribution in [0.2, 0.25) is 5.15 Å². The highest BCUT2D eigenvalue weighted by atomic mass is 35.5. The van der Waals surface area contributed by atoms with E-state index >= 15 is 0 Å². The van der Waals surface area contributed by atoms with E-state index < -0.39 is 15.9 Å². The van der Waals surface area contributed by atoms with Crippen LogP contribution in [0.4, 0.5) is 0 Å². The summed E-state index contributed by atoms with van der Waals surface area (Å²) in [5.74, 6) is -0.411. The van der Waals surface area contributed by atoms with Crippen LogP contribution >= 0.6 is 22.9 Å². The first kappa shape index (κ1) is 15.4. The van der Waals surface area contributed by atoms with Gasteiger partial charge in [0.05, 0.1) is 17.4 Å².